The summed E-state index contributed by atoms with van der Waals surface area (Å²) in [4.78, 5) is 23.0. The number of aryl methyl sites for hydroxylation is 1. The lowest BCUT2D eigenvalue weighted by molar-refractivity contribution is -0.567. The fourth-order valence-corrected chi connectivity index (χ4v) is 4.61. The third-order valence-electron chi connectivity index (χ3n) is 6.08. The molecule has 1 fully saturated rings. The summed E-state index contributed by atoms with van der Waals surface area (Å²) in [6.45, 7) is 1.89. The highest BCUT2D eigenvalue weighted by Gasteiger charge is 2.26. The van der Waals surface area contributed by atoms with Crippen LogP contribution in [0.25, 0.3) is 27.9 Å². The number of methoxy groups -OCH3 is 1. The highest BCUT2D eigenvalue weighted by Crippen LogP contribution is 2.29. The molecule has 0 atom stereocenters. The second-order valence-electron chi connectivity index (χ2n) is 8.07. The lowest BCUT2D eigenvalue weighted by atomic mass is 10.1. The second-order valence-corrected chi connectivity index (χ2v) is 8.07. The van der Waals surface area contributed by atoms with Gasteiger partial charge >= 0.3 is 5.78 Å². The number of ether oxygens (including phenoxy) is 1. The summed E-state index contributed by atoms with van der Waals surface area (Å²) in [6.07, 6.45) is 8.85. The first-order valence-corrected chi connectivity index (χ1v) is 10.6. The van der Waals surface area contributed by atoms with Crippen LogP contribution in [-0.2, 0) is 0 Å². The summed E-state index contributed by atoms with van der Waals surface area (Å²) >= 11 is 0. The molecular formula is C23H26N5O2+. The lowest BCUT2D eigenvalue weighted by Crippen LogP contribution is -2.32. The molecular weight excluding hydrogens is 378 g/mol. The fraction of sp³-hybridized carbons (Fsp3) is 0.391. The highest BCUT2D eigenvalue weighted by molar-refractivity contribution is 5.90. The van der Waals surface area contributed by atoms with Crippen LogP contribution in [0.4, 0.5) is 0 Å². The summed E-state index contributed by atoms with van der Waals surface area (Å²) in [6, 6.07) is 9.96. The predicted octanol–water partition coefficient (Wildman–Crippen LogP) is 3.74. The van der Waals surface area contributed by atoms with E-state index in [0.29, 0.717) is 16.7 Å². The van der Waals surface area contributed by atoms with Gasteiger partial charge in [-0.2, -0.15) is 0 Å². The van der Waals surface area contributed by atoms with E-state index in [1.807, 2.05) is 52.5 Å². The van der Waals surface area contributed by atoms with Gasteiger partial charge in [0.25, 0.3) is 5.56 Å². The summed E-state index contributed by atoms with van der Waals surface area (Å²) < 4.78 is 9.17. The fourth-order valence-electron chi connectivity index (χ4n) is 4.61. The Labute approximate surface area is 174 Å². The Morgan fingerprint density at radius 3 is 2.70 bits per heavy atom. The van der Waals surface area contributed by atoms with Gasteiger partial charge in [-0.1, -0.05) is 47.8 Å². The van der Waals surface area contributed by atoms with E-state index in [0.717, 1.165) is 35.7 Å². The quantitative estimate of drug-likeness (QED) is 0.417. The Morgan fingerprint density at radius 2 is 1.93 bits per heavy atom. The molecule has 0 saturated heterocycles. The van der Waals surface area contributed by atoms with Crippen molar-refractivity contribution in [1.82, 2.24) is 19.6 Å². The molecule has 4 aromatic rings. The van der Waals surface area contributed by atoms with Crippen molar-refractivity contribution in [3.8, 4) is 17.0 Å². The van der Waals surface area contributed by atoms with Crippen molar-refractivity contribution in [2.45, 2.75) is 51.5 Å². The second kappa shape index (κ2) is 7.55. The number of fused-ring (bicyclic) bond motifs is 2. The average molecular weight is 404 g/mol. The molecule has 7 heteroatoms. The van der Waals surface area contributed by atoms with E-state index < -0.39 is 0 Å². The monoisotopic (exact) mass is 404 g/mol. The molecule has 5 rings (SSSR count). The van der Waals surface area contributed by atoms with Crippen molar-refractivity contribution in [3.05, 3.63) is 52.7 Å². The van der Waals surface area contributed by atoms with Gasteiger partial charge in [-0.3, -0.25) is 4.79 Å². The van der Waals surface area contributed by atoms with Gasteiger partial charge in [0.2, 0.25) is 5.82 Å². The molecule has 154 valence electrons. The minimum absolute atomic E-state index is 0.00590. The number of aromatic nitrogens is 5. The van der Waals surface area contributed by atoms with Gasteiger partial charge in [0, 0.05) is 24.7 Å². The van der Waals surface area contributed by atoms with Crippen molar-refractivity contribution in [2.24, 2.45) is 0 Å². The van der Waals surface area contributed by atoms with Crippen molar-refractivity contribution in [2.75, 3.05) is 7.11 Å². The minimum atomic E-state index is 0.00590. The molecule has 0 unspecified atom stereocenters. The van der Waals surface area contributed by atoms with E-state index >= 15 is 0 Å². The van der Waals surface area contributed by atoms with Crippen LogP contribution in [0.1, 0.15) is 50.4 Å². The molecule has 3 heterocycles. The number of hydrogen-bond acceptors (Lipinski definition) is 4. The zero-order chi connectivity index (χ0) is 20.7. The molecule has 0 spiro atoms. The number of pyridine rings is 1. The Kier molecular flexibility index (Phi) is 4.73. The number of H-pyrrole nitrogens is 1. The van der Waals surface area contributed by atoms with Crippen molar-refractivity contribution in [3.63, 3.8) is 0 Å². The molecule has 1 saturated carbocycles. The van der Waals surface area contributed by atoms with Crippen molar-refractivity contribution in [1.29, 1.82) is 0 Å². The number of hydrogen-bond donors (Lipinski definition) is 1. The van der Waals surface area contributed by atoms with Crippen LogP contribution in [-0.4, -0.2) is 26.7 Å². The Hall–Kier alpha value is -3.22. The Morgan fingerprint density at radius 1 is 1.13 bits per heavy atom. The topological polar surface area (TPSA) is 76.9 Å². The van der Waals surface area contributed by atoms with Gasteiger partial charge in [-0.25, -0.2) is 5.10 Å². The van der Waals surface area contributed by atoms with E-state index in [4.69, 9.17) is 4.74 Å². The van der Waals surface area contributed by atoms with Gasteiger partial charge < -0.3 is 9.30 Å². The molecule has 1 N–H and O–H groups in total. The molecule has 30 heavy (non-hydrogen) atoms. The molecule has 0 amide bonds. The standard InChI is InChI=1S/C23H25N5O2/c1-15-24-23-25-19-12-13-27(17-9-5-3-4-6-10-17)22(29)20(19)21(28(23)26-15)16-8-7-11-18(14-16)30-2/h7-8,11-14,17H,3-6,9-10H2,1-2H3/p+1. The highest BCUT2D eigenvalue weighted by atomic mass is 16.5. The molecule has 1 aliphatic carbocycles. The smallest absolute Gasteiger partial charge is 0.458 e. The summed E-state index contributed by atoms with van der Waals surface area (Å²) in [7, 11) is 1.64. The summed E-state index contributed by atoms with van der Waals surface area (Å²) in [5.74, 6) is 2.03. The zero-order valence-corrected chi connectivity index (χ0v) is 17.4. The molecule has 0 radical (unpaired) electrons. The number of aromatic amines is 1. The van der Waals surface area contributed by atoms with Gasteiger partial charge in [0.15, 0.2) is 11.2 Å². The predicted molar refractivity (Wildman–Crippen MR) is 115 cm³/mol. The molecule has 7 nitrogen and oxygen atoms in total. The Balaban J connectivity index is 1.83. The maximum atomic E-state index is 13.8. The van der Waals surface area contributed by atoms with Gasteiger partial charge in [0.1, 0.15) is 11.1 Å². The number of nitrogens with one attached hydrogen (secondary N) is 1. The first-order chi connectivity index (χ1) is 14.7. The lowest BCUT2D eigenvalue weighted by Gasteiger charge is -2.18. The van der Waals surface area contributed by atoms with E-state index in [9.17, 15) is 4.79 Å². The normalized spacial score (nSPS) is 15.5. The molecule has 1 aromatic carbocycles. The van der Waals surface area contributed by atoms with Crippen LogP contribution in [0, 0.1) is 6.92 Å². The van der Waals surface area contributed by atoms with Crippen LogP contribution in [0.2, 0.25) is 0 Å². The molecule has 3 aromatic heterocycles. The van der Waals surface area contributed by atoms with Crippen LogP contribution >= 0.6 is 0 Å². The largest absolute Gasteiger partial charge is 0.497 e. The van der Waals surface area contributed by atoms with Gasteiger partial charge in [-0.15, -0.1) is 4.52 Å². The number of nitrogens with zero attached hydrogens (tertiary/aromatic N) is 4. The van der Waals surface area contributed by atoms with E-state index in [1.54, 1.807) is 7.11 Å². The molecule has 0 bridgehead atoms. The summed E-state index contributed by atoms with van der Waals surface area (Å²) in [5.41, 5.74) is 2.32. The number of rotatable bonds is 3. The Bertz CT molecular complexity index is 1280. The first-order valence-electron chi connectivity index (χ1n) is 10.6. The van der Waals surface area contributed by atoms with E-state index in [-0.39, 0.29) is 11.6 Å². The third kappa shape index (κ3) is 3.14. The van der Waals surface area contributed by atoms with E-state index in [2.05, 4.69) is 15.1 Å². The zero-order valence-electron chi connectivity index (χ0n) is 17.4. The first kappa shape index (κ1) is 18.8. The summed E-state index contributed by atoms with van der Waals surface area (Å²) in [5, 5.41) is 3.85. The number of benzene rings is 1. The van der Waals surface area contributed by atoms with Crippen LogP contribution < -0.4 is 14.8 Å². The van der Waals surface area contributed by atoms with Crippen LogP contribution in [0.15, 0.2) is 41.3 Å². The van der Waals surface area contributed by atoms with E-state index in [1.165, 1.54) is 25.7 Å². The van der Waals surface area contributed by atoms with Crippen molar-refractivity contribution >= 4 is 16.7 Å². The third-order valence-corrected chi connectivity index (χ3v) is 6.08. The minimum Gasteiger partial charge on any atom is -0.497 e. The van der Waals surface area contributed by atoms with Gasteiger partial charge in [0.05, 0.1) is 7.11 Å². The van der Waals surface area contributed by atoms with Crippen LogP contribution in [0.5, 0.6) is 5.75 Å². The van der Waals surface area contributed by atoms with Crippen LogP contribution in [0.3, 0.4) is 0 Å². The maximum Gasteiger partial charge on any atom is 0.458 e. The molecule has 1 aliphatic rings. The molecule has 0 aliphatic heterocycles. The van der Waals surface area contributed by atoms with Crippen molar-refractivity contribution < 1.29 is 9.25 Å². The maximum absolute atomic E-state index is 13.8. The average Bonchev–Trinajstić information content (AvgIpc) is 2.95. The SMILES string of the molecule is COc1cccc(-c2c3c(=O)n(C4CCCCCC4)ccc3nc3nc(C)[nH][n+]23)c1. The van der Waals surface area contributed by atoms with Gasteiger partial charge in [-0.05, 0) is 31.0 Å².